The van der Waals surface area contributed by atoms with Gasteiger partial charge in [-0.15, -0.1) is 11.3 Å². The van der Waals surface area contributed by atoms with Gasteiger partial charge in [0.2, 0.25) is 10.0 Å². The molecule has 1 aromatic carbocycles. The Labute approximate surface area is 187 Å². The summed E-state index contributed by atoms with van der Waals surface area (Å²) in [5.41, 5.74) is 2.28. The highest BCUT2D eigenvalue weighted by Gasteiger charge is 2.23. The Bertz CT molecular complexity index is 1090. The topological polar surface area (TPSA) is 92.8 Å². The van der Waals surface area contributed by atoms with E-state index in [-0.39, 0.29) is 4.90 Å². The lowest BCUT2D eigenvalue weighted by Crippen LogP contribution is -2.23. The molecule has 3 rings (SSSR count). The van der Waals surface area contributed by atoms with E-state index in [4.69, 9.17) is 4.74 Å². The van der Waals surface area contributed by atoms with Gasteiger partial charge in [-0.1, -0.05) is 19.4 Å². The molecule has 0 spiro atoms. The molecule has 1 aliphatic carbocycles. The lowest BCUT2D eigenvalue weighted by Gasteiger charge is -2.19. The van der Waals surface area contributed by atoms with E-state index in [0.717, 1.165) is 30.0 Å². The number of hydrogen-bond donors (Lipinski definition) is 1. The summed E-state index contributed by atoms with van der Waals surface area (Å²) in [6, 6.07) is 6.41. The SMILES string of the molecule is CC[C@H]1CCc2sc(C(=O)OCC(=O)Nc3cc(S(=O)(=O)N(C)C)ccc3C)cc2C1. The second kappa shape index (κ2) is 9.50. The number of thiophene rings is 1. The van der Waals surface area contributed by atoms with Gasteiger partial charge in [0.25, 0.3) is 5.91 Å². The third kappa shape index (κ3) is 5.34. The Morgan fingerprint density at radius 1 is 1.26 bits per heavy atom. The molecule has 1 atom stereocenters. The summed E-state index contributed by atoms with van der Waals surface area (Å²) in [4.78, 5) is 26.6. The van der Waals surface area contributed by atoms with Crippen LogP contribution < -0.4 is 5.32 Å². The molecule has 0 radical (unpaired) electrons. The van der Waals surface area contributed by atoms with Crippen LogP contribution in [-0.2, 0) is 32.4 Å². The smallest absolute Gasteiger partial charge is 0.348 e. The van der Waals surface area contributed by atoms with Crippen LogP contribution in [0.5, 0.6) is 0 Å². The maximum absolute atomic E-state index is 12.4. The molecule has 31 heavy (non-hydrogen) atoms. The van der Waals surface area contributed by atoms with Crippen LogP contribution >= 0.6 is 11.3 Å². The number of fused-ring (bicyclic) bond motifs is 1. The van der Waals surface area contributed by atoms with Gasteiger partial charge in [-0.05, 0) is 61.4 Å². The van der Waals surface area contributed by atoms with Crippen molar-refractivity contribution in [1.82, 2.24) is 4.31 Å². The van der Waals surface area contributed by atoms with Crippen LogP contribution in [0.4, 0.5) is 5.69 Å². The predicted molar refractivity (Wildman–Crippen MR) is 121 cm³/mol. The first kappa shape index (κ1) is 23.4. The molecule has 2 aromatic rings. The van der Waals surface area contributed by atoms with E-state index in [1.807, 2.05) is 6.07 Å². The van der Waals surface area contributed by atoms with Crippen LogP contribution in [0.15, 0.2) is 29.2 Å². The number of anilines is 1. The van der Waals surface area contributed by atoms with E-state index in [1.165, 1.54) is 48.0 Å². The molecule has 0 saturated carbocycles. The van der Waals surface area contributed by atoms with Crippen molar-refractivity contribution in [3.05, 3.63) is 45.1 Å². The van der Waals surface area contributed by atoms with E-state index >= 15 is 0 Å². The van der Waals surface area contributed by atoms with Crippen LogP contribution in [0, 0.1) is 12.8 Å². The molecule has 1 amide bonds. The number of carbonyl (C=O) groups is 2. The molecule has 1 aliphatic rings. The Morgan fingerprint density at radius 2 is 2.00 bits per heavy atom. The van der Waals surface area contributed by atoms with E-state index in [0.29, 0.717) is 22.0 Å². The molecular weight excluding hydrogens is 436 g/mol. The minimum absolute atomic E-state index is 0.0740. The number of carbonyl (C=O) groups excluding carboxylic acids is 2. The Kier molecular flexibility index (Phi) is 7.18. The molecule has 7 nitrogen and oxygen atoms in total. The first-order valence-corrected chi connectivity index (χ1v) is 12.5. The van der Waals surface area contributed by atoms with Crippen molar-refractivity contribution in [3.8, 4) is 0 Å². The quantitative estimate of drug-likeness (QED) is 0.632. The fraction of sp³-hybridized carbons (Fsp3) is 0.455. The third-order valence-corrected chi connectivity index (χ3v) is 8.59. The van der Waals surface area contributed by atoms with Gasteiger partial charge in [-0.25, -0.2) is 17.5 Å². The van der Waals surface area contributed by atoms with Crippen LogP contribution in [0.3, 0.4) is 0 Å². The minimum Gasteiger partial charge on any atom is -0.451 e. The lowest BCUT2D eigenvalue weighted by molar-refractivity contribution is -0.119. The summed E-state index contributed by atoms with van der Waals surface area (Å²) in [5.74, 6) is -0.376. The zero-order valence-electron chi connectivity index (χ0n) is 18.2. The van der Waals surface area contributed by atoms with Crippen molar-refractivity contribution in [2.45, 2.75) is 44.4 Å². The second-order valence-corrected chi connectivity index (χ2v) is 11.3. The largest absolute Gasteiger partial charge is 0.451 e. The molecule has 168 valence electrons. The third-order valence-electron chi connectivity index (χ3n) is 5.56. The first-order valence-electron chi connectivity index (χ1n) is 10.2. The molecule has 0 saturated heterocycles. The van der Waals surface area contributed by atoms with Crippen LogP contribution in [0.25, 0.3) is 0 Å². The summed E-state index contributed by atoms with van der Waals surface area (Å²) in [7, 11) is -0.739. The van der Waals surface area contributed by atoms with Crippen molar-refractivity contribution in [1.29, 1.82) is 0 Å². The van der Waals surface area contributed by atoms with Crippen LogP contribution in [0.1, 0.15) is 45.4 Å². The fourth-order valence-corrected chi connectivity index (χ4v) is 5.57. The highest BCUT2D eigenvalue weighted by molar-refractivity contribution is 7.89. The number of amides is 1. The average molecular weight is 465 g/mol. The molecule has 9 heteroatoms. The standard InChI is InChI=1S/C22H28N2O5S2/c1-5-15-7-9-19-16(10-15)11-20(30-19)22(26)29-13-21(25)23-18-12-17(8-6-14(18)2)31(27,28)24(3)4/h6,8,11-12,15H,5,7,9-10,13H2,1-4H3,(H,23,25)/t15-/m0/s1. The zero-order valence-corrected chi connectivity index (χ0v) is 19.9. The molecule has 0 fully saturated rings. The average Bonchev–Trinajstić information content (AvgIpc) is 3.16. The minimum atomic E-state index is -3.62. The van der Waals surface area contributed by atoms with Gasteiger partial charge in [-0.3, -0.25) is 4.79 Å². The maximum atomic E-state index is 12.4. The van der Waals surface area contributed by atoms with Crippen molar-refractivity contribution in [2.75, 3.05) is 26.0 Å². The zero-order chi connectivity index (χ0) is 22.8. The highest BCUT2D eigenvalue weighted by Crippen LogP contribution is 2.33. The van der Waals surface area contributed by atoms with E-state index < -0.39 is 28.5 Å². The van der Waals surface area contributed by atoms with Gasteiger partial charge in [0, 0.05) is 24.7 Å². The van der Waals surface area contributed by atoms with Crippen molar-refractivity contribution >= 4 is 38.9 Å². The summed E-state index contributed by atoms with van der Waals surface area (Å²) < 4.78 is 30.9. The van der Waals surface area contributed by atoms with E-state index in [9.17, 15) is 18.0 Å². The molecule has 0 bridgehead atoms. The van der Waals surface area contributed by atoms with Gasteiger partial charge in [-0.2, -0.15) is 0 Å². The molecular formula is C22H28N2O5S2. The summed E-state index contributed by atoms with van der Waals surface area (Å²) in [5, 5.41) is 2.64. The number of ether oxygens (including phenoxy) is 1. The van der Waals surface area contributed by atoms with Crippen molar-refractivity contribution < 1.29 is 22.7 Å². The molecule has 0 aliphatic heterocycles. The monoisotopic (exact) mass is 464 g/mol. The van der Waals surface area contributed by atoms with Crippen molar-refractivity contribution in [3.63, 3.8) is 0 Å². The molecule has 0 unspecified atom stereocenters. The first-order chi connectivity index (χ1) is 14.6. The van der Waals surface area contributed by atoms with Gasteiger partial charge >= 0.3 is 5.97 Å². The van der Waals surface area contributed by atoms with Gasteiger partial charge in [0.05, 0.1) is 4.90 Å². The Morgan fingerprint density at radius 3 is 2.68 bits per heavy atom. The van der Waals surface area contributed by atoms with Gasteiger partial charge in [0.1, 0.15) is 4.88 Å². The lowest BCUT2D eigenvalue weighted by atomic mass is 9.87. The maximum Gasteiger partial charge on any atom is 0.348 e. The van der Waals surface area contributed by atoms with Gasteiger partial charge < -0.3 is 10.1 Å². The fourth-order valence-electron chi connectivity index (χ4n) is 3.54. The van der Waals surface area contributed by atoms with E-state index in [1.54, 1.807) is 13.0 Å². The molecule has 1 N–H and O–H groups in total. The number of aryl methyl sites for hydroxylation is 2. The summed E-state index contributed by atoms with van der Waals surface area (Å²) in [6.07, 6.45) is 4.24. The normalized spacial score (nSPS) is 16.1. The molecule has 1 heterocycles. The number of sulfonamides is 1. The number of nitrogens with zero attached hydrogens (tertiary/aromatic N) is 1. The number of esters is 1. The van der Waals surface area contributed by atoms with Crippen LogP contribution in [0.2, 0.25) is 0 Å². The Balaban J connectivity index is 1.62. The Hall–Kier alpha value is -2.23. The van der Waals surface area contributed by atoms with Crippen molar-refractivity contribution in [2.24, 2.45) is 5.92 Å². The highest BCUT2D eigenvalue weighted by atomic mass is 32.2. The summed E-state index contributed by atoms with van der Waals surface area (Å²) >= 11 is 1.44. The number of rotatable bonds is 7. The number of nitrogens with one attached hydrogen (secondary N) is 1. The summed E-state index contributed by atoms with van der Waals surface area (Å²) in [6.45, 7) is 3.50. The van der Waals surface area contributed by atoms with Crippen LogP contribution in [-0.4, -0.2) is 45.3 Å². The number of hydrogen-bond acceptors (Lipinski definition) is 6. The van der Waals surface area contributed by atoms with E-state index in [2.05, 4.69) is 12.2 Å². The second-order valence-electron chi connectivity index (χ2n) is 7.96. The number of benzene rings is 1. The predicted octanol–water partition coefficient (Wildman–Crippen LogP) is 3.62. The van der Waals surface area contributed by atoms with Gasteiger partial charge in [0.15, 0.2) is 6.61 Å². The molecule has 1 aromatic heterocycles.